The zero-order chi connectivity index (χ0) is 14.6. The molecule has 0 amide bonds. The van der Waals surface area contributed by atoms with Gasteiger partial charge in [0.2, 0.25) is 10.0 Å². The first kappa shape index (κ1) is 15.5. The Balaban J connectivity index is 1.91. The van der Waals surface area contributed by atoms with Crippen LogP contribution in [0.3, 0.4) is 0 Å². The highest BCUT2D eigenvalue weighted by Gasteiger charge is 2.25. The number of hydrogen-bond donors (Lipinski definition) is 1. The minimum atomic E-state index is -3.04. The second-order valence-corrected chi connectivity index (χ2v) is 7.61. The maximum absolute atomic E-state index is 11.6. The summed E-state index contributed by atoms with van der Waals surface area (Å²) in [5.74, 6) is 0.415. The summed E-state index contributed by atoms with van der Waals surface area (Å²) in [7, 11) is -3.04. The minimum Gasteiger partial charge on any atom is -0.354 e. The Bertz CT molecular complexity index is 524. The molecular formula is C14H25N3O2S. The fraction of sp³-hybridized carbons (Fsp3) is 0.714. The van der Waals surface area contributed by atoms with E-state index in [-0.39, 0.29) is 0 Å². The Labute approximate surface area is 122 Å². The largest absolute Gasteiger partial charge is 0.354 e. The number of aromatic nitrogens is 1. The van der Waals surface area contributed by atoms with Crippen molar-refractivity contribution in [3.05, 3.63) is 24.0 Å². The van der Waals surface area contributed by atoms with E-state index in [9.17, 15) is 8.42 Å². The topological polar surface area (TPSA) is 54.3 Å². The summed E-state index contributed by atoms with van der Waals surface area (Å²) in [5.41, 5.74) is 1.28. The summed E-state index contributed by atoms with van der Waals surface area (Å²) in [4.78, 5) is 0. The van der Waals surface area contributed by atoms with Gasteiger partial charge in [-0.15, -0.1) is 0 Å². The van der Waals surface area contributed by atoms with Gasteiger partial charge in [-0.25, -0.2) is 12.7 Å². The molecule has 1 aromatic rings. The molecule has 1 N–H and O–H groups in total. The van der Waals surface area contributed by atoms with Crippen molar-refractivity contribution in [1.82, 2.24) is 14.2 Å². The highest BCUT2D eigenvalue weighted by atomic mass is 32.2. The molecule has 1 aliphatic heterocycles. The molecule has 5 nitrogen and oxygen atoms in total. The van der Waals surface area contributed by atoms with Gasteiger partial charge >= 0.3 is 0 Å². The maximum Gasteiger partial charge on any atom is 0.211 e. The van der Waals surface area contributed by atoms with E-state index < -0.39 is 10.0 Å². The van der Waals surface area contributed by atoms with Crippen LogP contribution in [0.1, 0.15) is 25.3 Å². The SMILES string of the molecule is CCNCc1ccn(CC2CCCN(S(C)(=O)=O)C2)c1. The van der Waals surface area contributed by atoms with Gasteiger partial charge in [0.15, 0.2) is 0 Å². The van der Waals surface area contributed by atoms with Gasteiger partial charge in [-0.1, -0.05) is 6.92 Å². The quantitative estimate of drug-likeness (QED) is 0.860. The molecule has 1 fully saturated rings. The van der Waals surface area contributed by atoms with Crippen LogP contribution in [0.5, 0.6) is 0 Å². The molecule has 6 heteroatoms. The molecule has 0 radical (unpaired) electrons. The second-order valence-electron chi connectivity index (χ2n) is 5.63. The van der Waals surface area contributed by atoms with Crippen LogP contribution in [-0.2, 0) is 23.1 Å². The first-order valence-corrected chi connectivity index (χ1v) is 9.14. The van der Waals surface area contributed by atoms with Crippen molar-refractivity contribution < 1.29 is 8.42 Å². The molecule has 1 aromatic heterocycles. The molecule has 1 aliphatic rings. The summed E-state index contributed by atoms with van der Waals surface area (Å²) in [6, 6.07) is 2.12. The second kappa shape index (κ2) is 6.74. The molecule has 2 rings (SSSR count). The van der Waals surface area contributed by atoms with E-state index in [1.807, 2.05) is 0 Å². The zero-order valence-electron chi connectivity index (χ0n) is 12.4. The Morgan fingerprint density at radius 1 is 1.45 bits per heavy atom. The number of rotatable bonds is 6. The molecule has 0 aromatic carbocycles. The van der Waals surface area contributed by atoms with Crippen LogP contribution < -0.4 is 5.32 Å². The van der Waals surface area contributed by atoms with E-state index in [0.717, 1.165) is 32.5 Å². The minimum absolute atomic E-state index is 0.415. The van der Waals surface area contributed by atoms with Gasteiger partial charge in [-0.05, 0) is 36.9 Å². The molecular weight excluding hydrogens is 274 g/mol. The molecule has 0 aliphatic carbocycles. The van der Waals surface area contributed by atoms with Crippen LogP contribution >= 0.6 is 0 Å². The normalized spacial score (nSPS) is 21.2. The Hall–Kier alpha value is -0.850. The fourth-order valence-corrected chi connectivity index (χ4v) is 3.70. The van der Waals surface area contributed by atoms with Crippen molar-refractivity contribution in [3.63, 3.8) is 0 Å². The lowest BCUT2D eigenvalue weighted by atomic mass is 10.00. The highest BCUT2D eigenvalue weighted by Crippen LogP contribution is 2.20. The van der Waals surface area contributed by atoms with Crippen molar-refractivity contribution >= 4 is 10.0 Å². The van der Waals surface area contributed by atoms with Crippen molar-refractivity contribution in [2.45, 2.75) is 32.9 Å². The first-order chi connectivity index (χ1) is 9.49. The van der Waals surface area contributed by atoms with Crippen LogP contribution in [0, 0.1) is 5.92 Å². The number of nitrogens with zero attached hydrogens (tertiary/aromatic N) is 2. The van der Waals surface area contributed by atoms with E-state index in [2.05, 4.69) is 35.3 Å². The van der Waals surface area contributed by atoms with E-state index in [1.165, 1.54) is 11.8 Å². The summed E-state index contributed by atoms with van der Waals surface area (Å²) >= 11 is 0. The summed E-state index contributed by atoms with van der Waals surface area (Å²) < 4.78 is 27.0. The first-order valence-electron chi connectivity index (χ1n) is 7.29. The lowest BCUT2D eigenvalue weighted by Crippen LogP contribution is -2.40. The van der Waals surface area contributed by atoms with Gasteiger partial charge in [0.25, 0.3) is 0 Å². The number of hydrogen-bond acceptors (Lipinski definition) is 3. The molecule has 2 heterocycles. The Kier molecular flexibility index (Phi) is 5.23. The fourth-order valence-electron chi connectivity index (χ4n) is 2.75. The zero-order valence-corrected chi connectivity index (χ0v) is 13.2. The number of piperidine rings is 1. The number of nitrogens with one attached hydrogen (secondary N) is 1. The van der Waals surface area contributed by atoms with E-state index in [0.29, 0.717) is 19.0 Å². The molecule has 20 heavy (non-hydrogen) atoms. The third-order valence-corrected chi connectivity index (χ3v) is 5.08. The van der Waals surface area contributed by atoms with Gasteiger partial charge in [0.1, 0.15) is 0 Å². The van der Waals surface area contributed by atoms with Gasteiger partial charge in [0, 0.05) is 38.6 Å². The van der Waals surface area contributed by atoms with Crippen molar-refractivity contribution in [2.75, 3.05) is 25.9 Å². The summed E-state index contributed by atoms with van der Waals surface area (Å²) in [6.07, 6.45) is 7.61. The van der Waals surface area contributed by atoms with Gasteiger partial charge in [0.05, 0.1) is 6.26 Å². The van der Waals surface area contributed by atoms with Crippen molar-refractivity contribution in [2.24, 2.45) is 5.92 Å². The standard InChI is InChI=1S/C14H25N3O2S/c1-3-15-9-13-6-8-16(10-13)11-14-5-4-7-17(12-14)20(2,18)19/h6,8,10,14-15H,3-5,7,9,11-12H2,1-2H3. The average Bonchev–Trinajstić information content (AvgIpc) is 2.83. The lowest BCUT2D eigenvalue weighted by molar-refractivity contribution is 0.246. The Morgan fingerprint density at radius 3 is 2.95 bits per heavy atom. The van der Waals surface area contributed by atoms with E-state index in [4.69, 9.17) is 0 Å². The Morgan fingerprint density at radius 2 is 2.25 bits per heavy atom. The van der Waals surface area contributed by atoms with Crippen LogP contribution in [0.25, 0.3) is 0 Å². The molecule has 0 saturated carbocycles. The van der Waals surface area contributed by atoms with Crippen molar-refractivity contribution in [3.8, 4) is 0 Å². The van der Waals surface area contributed by atoms with E-state index in [1.54, 1.807) is 4.31 Å². The molecule has 1 atom stereocenters. The highest BCUT2D eigenvalue weighted by molar-refractivity contribution is 7.88. The molecule has 0 bridgehead atoms. The van der Waals surface area contributed by atoms with Crippen LogP contribution in [0.4, 0.5) is 0 Å². The van der Waals surface area contributed by atoms with Gasteiger partial charge in [-0.3, -0.25) is 0 Å². The molecule has 1 saturated heterocycles. The molecule has 0 spiro atoms. The average molecular weight is 299 g/mol. The van der Waals surface area contributed by atoms with Gasteiger partial charge < -0.3 is 9.88 Å². The predicted molar refractivity (Wildman–Crippen MR) is 81.0 cm³/mol. The smallest absolute Gasteiger partial charge is 0.211 e. The number of sulfonamides is 1. The summed E-state index contributed by atoms with van der Waals surface area (Å²) in [6.45, 7) is 6.18. The van der Waals surface area contributed by atoms with E-state index >= 15 is 0 Å². The molecule has 114 valence electrons. The van der Waals surface area contributed by atoms with Crippen LogP contribution in [0.2, 0.25) is 0 Å². The van der Waals surface area contributed by atoms with Gasteiger partial charge in [-0.2, -0.15) is 0 Å². The van der Waals surface area contributed by atoms with Crippen LogP contribution in [0.15, 0.2) is 18.5 Å². The third kappa shape index (κ3) is 4.33. The third-order valence-electron chi connectivity index (χ3n) is 3.81. The van der Waals surface area contributed by atoms with Crippen LogP contribution in [-0.4, -0.2) is 43.2 Å². The maximum atomic E-state index is 11.6. The van der Waals surface area contributed by atoms with Crippen molar-refractivity contribution in [1.29, 1.82) is 0 Å². The lowest BCUT2D eigenvalue weighted by Gasteiger charge is -2.31. The predicted octanol–water partition coefficient (Wildman–Crippen LogP) is 1.27. The summed E-state index contributed by atoms with van der Waals surface area (Å²) in [5, 5.41) is 3.31. The monoisotopic (exact) mass is 299 g/mol. The molecule has 1 unspecified atom stereocenters.